The minimum absolute atomic E-state index is 0. The van der Waals surface area contributed by atoms with Gasteiger partial charge in [0.25, 0.3) is 0 Å². The molecule has 0 aromatic heterocycles. The van der Waals surface area contributed by atoms with E-state index in [2.05, 4.69) is 0 Å². The maximum absolute atomic E-state index is 8.24. The third kappa shape index (κ3) is 1080000. The van der Waals surface area contributed by atoms with Crippen molar-refractivity contribution in [3.05, 3.63) is 0 Å². The van der Waals surface area contributed by atoms with Crippen LogP contribution in [0.2, 0.25) is 0 Å². The molecule has 0 saturated heterocycles. The fraction of sp³-hybridized carbons (Fsp3) is 0. The first-order valence-corrected chi connectivity index (χ1v) is 3.53. The minimum Gasteiger partial charge on any atom is -0.812 e. The molecular weight excluding hydrogens is 300 g/mol. The summed E-state index contributed by atoms with van der Waals surface area (Å²) >= 11 is 0. The van der Waals surface area contributed by atoms with Crippen LogP contribution < -0.4 is 34.7 Å². The molecule has 0 aliphatic carbocycles. The second kappa shape index (κ2) is 36.5. The van der Waals surface area contributed by atoms with Crippen LogP contribution in [0, 0.1) is 11.5 Å². The Morgan fingerprint density at radius 3 is 0.550 bits per heavy atom. The van der Waals surface area contributed by atoms with E-state index < -0.39 is 29.3 Å². The molecule has 0 heterocycles. The largest absolute Gasteiger partial charge is 1.00 e. The molecular formula is CH12B4NNaO13. The first kappa shape index (κ1) is 36.9. The molecule has 0 aromatic rings. The summed E-state index contributed by atoms with van der Waals surface area (Å²) in [5, 5.41) is 101. The normalized spacial score (nSPS) is 5.75. The standard InChI is InChI=1S/CHNO.4BH3O3.Na/c2-1-3;4*2-1(3)4;/h3H;4*2-4H;/q;;;;;+1/p-1. The van der Waals surface area contributed by atoms with Crippen molar-refractivity contribution >= 4 is 29.3 Å². The summed E-state index contributed by atoms with van der Waals surface area (Å²) in [6.45, 7) is 0. The Balaban J connectivity index is -0.0000000304. The van der Waals surface area contributed by atoms with Crippen LogP contribution in [-0.2, 0) is 0 Å². The summed E-state index contributed by atoms with van der Waals surface area (Å²) in [7, 11) is -8.67. The predicted octanol–water partition coefficient (Wildman–Crippen LogP) is -12.4. The molecule has 0 aliphatic heterocycles. The Morgan fingerprint density at radius 2 is 0.550 bits per heavy atom. The average Bonchev–Trinajstić information content (AvgIpc) is 1.97. The summed E-state index contributed by atoms with van der Waals surface area (Å²) in [5.74, 6) is 0. The fourth-order valence-corrected chi connectivity index (χ4v) is 0. The maximum atomic E-state index is 8.24. The number of hydrogen-bond acceptors (Lipinski definition) is 14. The molecule has 0 bridgehead atoms. The zero-order valence-electron chi connectivity index (χ0n) is 10.0. The molecule has 0 spiro atoms. The zero-order chi connectivity index (χ0) is 17.0. The van der Waals surface area contributed by atoms with Crippen LogP contribution >= 0.6 is 0 Å². The number of hydrogen-bond donors (Lipinski definition) is 12. The van der Waals surface area contributed by atoms with E-state index >= 15 is 0 Å². The molecule has 0 atom stereocenters. The van der Waals surface area contributed by atoms with Crippen molar-refractivity contribution in [2.45, 2.75) is 0 Å². The van der Waals surface area contributed by atoms with Crippen LogP contribution in [0.15, 0.2) is 0 Å². The van der Waals surface area contributed by atoms with Gasteiger partial charge < -0.3 is 65.4 Å². The number of nitriles is 1. The average molecular weight is 312 g/mol. The molecule has 0 fully saturated rings. The Labute approximate surface area is 136 Å². The topological polar surface area (TPSA) is 290 Å². The van der Waals surface area contributed by atoms with Crippen molar-refractivity contribution in [1.29, 1.82) is 5.26 Å². The van der Waals surface area contributed by atoms with Crippen LogP contribution in [0.3, 0.4) is 0 Å². The van der Waals surface area contributed by atoms with Crippen molar-refractivity contribution in [2.75, 3.05) is 0 Å². The SMILES string of the molecule is N#C[O-].OB(O)O.OB(O)O.OB(O)O.OB(O)O.[Na+]. The van der Waals surface area contributed by atoms with Gasteiger partial charge in [0.05, 0.1) is 0 Å². The van der Waals surface area contributed by atoms with E-state index in [-0.39, 0.29) is 29.6 Å². The van der Waals surface area contributed by atoms with E-state index in [1.165, 1.54) is 0 Å². The minimum atomic E-state index is -2.17. The Bertz CT molecular complexity index is 128. The first-order valence-electron chi connectivity index (χ1n) is 3.53. The van der Waals surface area contributed by atoms with Crippen LogP contribution in [-0.4, -0.2) is 89.6 Å². The molecule has 14 nitrogen and oxygen atoms in total. The van der Waals surface area contributed by atoms with Crippen molar-refractivity contribution in [1.82, 2.24) is 0 Å². The van der Waals surface area contributed by atoms with Gasteiger partial charge in [-0.25, -0.2) is 5.26 Å². The van der Waals surface area contributed by atoms with Gasteiger partial charge in [-0.2, -0.15) is 0 Å². The van der Waals surface area contributed by atoms with Crippen molar-refractivity contribution < 1.29 is 95.0 Å². The second-order valence-electron chi connectivity index (χ2n) is 1.48. The molecule has 0 radical (unpaired) electrons. The predicted molar refractivity (Wildman–Crippen MR) is 55.3 cm³/mol. The van der Waals surface area contributed by atoms with Gasteiger partial charge in [-0.15, -0.1) is 0 Å². The second-order valence-corrected chi connectivity index (χ2v) is 1.48. The van der Waals surface area contributed by atoms with E-state index in [4.69, 9.17) is 70.7 Å². The van der Waals surface area contributed by atoms with Crippen LogP contribution in [0.25, 0.3) is 0 Å². The Morgan fingerprint density at radius 1 is 0.550 bits per heavy atom. The molecule has 0 aromatic carbocycles. The molecule has 0 aliphatic rings. The van der Waals surface area contributed by atoms with Crippen LogP contribution in [0.5, 0.6) is 0 Å². The third-order valence-corrected chi connectivity index (χ3v) is 0. The van der Waals surface area contributed by atoms with Gasteiger partial charge in [-0.3, -0.25) is 0 Å². The van der Waals surface area contributed by atoms with Crippen molar-refractivity contribution in [2.24, 2.45) is 0 Å². The monoisotopic (exact) mass is 313 g/mol. The summed E-state index contributed by atoms with van der Waals surface area (Å²) in [6.07, 6.45) is 0.500. The smallest absolute Gasteiger partial charge is 0.812 e. The Hall–Kier alpha value is 0.0697. The maximum Gasteiger partial charge on any atom is 1.00 e. The molecule has 112 valence electrons. The summed E-state index contributed by atoms with van der Waals surface area (Å²) in [6, 6.07) is 0. The molecule has 0 rings (SSSR count). The first-order chi connectivity index (χ1) is 8.34. The van der Waals surface area contributed by atoms with E-state index in [9.17, 15) is 0 Å². The van der Waals surface area contributed by atoms with E-state index in [1.807, 2.05) is 0 Å². The molecule has 19 heteroatoms. The van der Waals surface area contributed by atoms with E-state index in [0.717, 1.165) is 0 Å². The summed E-state index contributed by atoms with van der Waals surface area (Å²) in [5.41, 5.74) is 0. The Kier molecular flexibility index (Phi) is 67.2. The van der Waals surface area contributed by atoms with E-state index in [1.54, 1.807) is 0 Å². The molecule has 12 N–H and O–H groups in total. The van der Waals surface area contributed by atoms with Gasteiger partial charge >= 0.3 is 58.8 Å². The van der Waals surface area contributed by atoms with Crippen molar-refractivity contribution in [3.63, 3.8) is 0 Å². The van der Waals surface area contributed by atoms with Gasteiger partial charge in [0, 0.05) is 6.26 Å². The van der Waals surface area contributed by atoms with Gasteiger partial charge in [0.1, 0.15) is 0 Å². The zero-order valence-corrected chi connectivity index (χ0v) is 12.0. The molecule has 0 unspecified atom stereocenters. The van der Waals surface area contributed by atoms with E-state index in [0.29, 0.717) is 6.26 Å². The summed E-state index contributed by atoms with van der Waals surface area (Å²) in [4.78, 5) is 0. The molecule has 0 amide bonds. The third-order valence-electron chi connectivity index (χ3n) is 0. The van der Waals surface area contributed by atoms with Gasteiger partial charge in [-0.1, -0.05) is 0 Å². The van der Waals surface area contributed by atoms with Gasteiger partial charge in [0.2, 0.25) is 0 Å². The molecule has 0 saturated carbocycles. The molecule has 20 heavy (non-hydrogen) atoms. The van der Waals surface area contributed by atoms with Gasteiger partial charge in [0.15, 0.2) is 0 Å². The van der Waals surface area contributed by atoms with Crippen LogP contribution in [0.1, 0.15) is 0 Å². The van der Waals surface area contributed by atoms with Crippen LogP contribution in [0.4, 0.5) is 0 Å². The number of nitrogens with zero attached hydrogens (tertiary/aromatic N) is 1. The quantitative estimate of drug-likeness (QED) is 0.146. The van der Waals surface area contributed by atoms with Gasteiger partial charge in [-0.05, 0) is 0 Å². The van der Waals surface area contributed by atoms with Crippen molar-refractivity contribution in [3.8, 4) is 6.26 Å². The fourth-order valence-electron chi connectivity index (χ4n) is 0. The number of rotatable bonds is 0. The summed E-state index contributed by atoms with van der Waals surface area (Å²) < 4.78 is 0.